The summed E-state index contributed by atoms with van der Waals surface area (Å²) in [6.45, 7) is 8.62. The number of methoxy groups -OCH3 is 1. The fraction of sp³-hybridized carbons (Fsp3) is 0.529. The maximum atomic E-state index is 11.8. The Morgan fingerprint density at radius 2 is 1.78 bits per heavy atom. The fourth-order valence-corrected chi connectivity index (χ4v) is 1.97. The summed E-state index contributed by atoms with van der Waals surface area (Å²) in [7, 11) is 1.52. The van der Waals surface area contributed by atoms with Crippen LogP contribution in [0, 0.1) is 5.41 Å². The number of anilines is 1. The average molecular weight is 323 g/mol. The predicted octanol–water partition coefficient (Wildman–Crippen LogP) is 3.70. The standard InChI is InChI=1S/C17H25NO5/c1-16(2,3)23-15(21)18-12-7-8-13(22-6)11(9-12)10-17(4,5)14(19)20/h7-9H,10H2,1-6H3,(H,18,21)(H,19,20). The Bertz CT molecular complexity index is 587. The molecule has 1 amide bonds. The van der Waals surface area contributed by atoms with Gasteiger partial charge in [0, 0.05) is 5.69 Å². The van der Waals surface area contributed by atoms with Gasteiger partial charge in [-0.15, -0.1) is 0 Å². The van der Waals surface area contributed by atoms with Gasteiger partial charge in [-0.25, -0.2) is 4.79 Å². The largest absolute Gasteiger partial charge is 0.496 e. The van der Waals surface area contributed by atoms with Gasteiger partial charge in [0.15, 0.2) is 0 Å². The number of carboxylic acids is 1. The van der Waals surface area contributed by atoms with Crippen LogP contribution in [0.2, 0.25) is 0 Å². The molecule has 1 rings (SSSR count). The van der Waals surface area contributed by atoms with Crippen molar-refractivity contribution in [1.82, 2.24) is 0 Å². The molecule has 0 heterocycles. The van der Waals surface area contributed by atoms with Crippen LogP contribution in [0.4, 0.5) is 10.5 Å². The zero-order valence-corrected chi connectivity index (χ0v) is 14.5. The summed E-state index contributed by atoms with van der Waals surface area (Å²) in [4.78, 5) is 23.1. The van der Waals surface area contributed by atoms with Crippen molar-refractivity contribution in [2.45, 2.75) is 46.6 Å². The molecular weight excluding hydrogens is 298 g/mol. The lowest BCUT2D eigenvalue weighted by molar-refractivity contribution is -0.146. The zero-order valence-electron chi connectivity index (χ0n) is 14.5. The van der Waals surface area contributed by atoms with Gasteiger partial charge in [-0.1, -0.05) is 0 Å². The van der Waals surface area contributed by atoms with E-state index < -0.39 is 23.1 Å². The van der Waals surface area contributed by atoms with Gasteiger partial charge >= 0.3 is 12.1 Å². The molecule has 0 aliphatic carbocycles. The lowest BCUT2D eigenvalue weighted by Gasteiger charge is -2.22. The van der Waals surface area contributed by atoms with Crippen LogP contribution in [0.25, 0.3) is 0 Å². The lowest BCUT2D eigenvalue weighted by atomic mass is 9.85. The van der Waals surface area contributed by atoms with E-state index >= 15 is 0 Å². The molecule has 6 heteroatoms. The molecule has 0 fully saturated rings. The number of carbonyl (C=O) groups excluding carboxylic acids is 1. The number of benzene rings is 1. The maximum absolute atomic E-state index is 11.8. The van der Waals surface area contributed by atoms with E-state index in [1.165, 1.54) is 7.11 Å². The van der Waals surface area contributed by atoms with Gasteiger partial charge in [0.2, 0.25) is 0 Å². The third-order valence-electron chi connectivity index (χ3n) is 3.14. The minimum Gasteiger partial charge on any atom is -0.496 e. The summed E-state index contributed by atoms with van der Waals surface area (Å²) in [6, 6.07) is 5.08. The lowest BCUT2D eigenvalue weighted by Crippen LogP contribution is -2.27. The second-order valence-corrected chi connectivity index (χ2v) is 7.02. The number of ether oxygens (including phenoxy) is 2. The first-order chi connectivity index (χ1) is 10.4. The minimum absolute atomic E-state index is 0.273. The summed E-state index contributed by atoms with van der Waals surface area (Å²) in [6.07, 6.45) is -0.291. The average Bonchev–Trinajstić information content (AvgIpc) is 2.36. The highest BCUT2D eigenvalue weighted by atomic mass is 16.6. The van der Waals surface area contributed by atoms with Crippen LogP contribution >= 0.6 is 0 Å². The number of rotatable bonds is 5. The monoisotopic (exact) mass is 323 g/mol. The van der Waals surface area contributed by atoms with Gasteiger partial charge in [-0.2, -0.15) is 0 Å². The molecule has 6 nitrogen and oxygen atoms in total. The Labute approximate surface area is 136 Å². The van der Waals surface area contributed by atoms with Crippen molar-refractivity contribution < 1.29 is 24.2 Å². The van der Waals surface area contributed by atoms with Crippen molar-refractivity contribution in [3.8, 4) is 5.75 Å². The topological polar surface area (TPSA) is 84.9 Å². The van der Waals surface area contributed by atoms with E-state index in [-0.39, 0.29) is 6.42 Å². The van der Waals surface area contributed by atoms with Crippen molar-refractivity contribution in [2.24, 2.45) is 5.41 Å². The van der Waals surface area contributed by atoms with Gasteiger partial charge in [0.25, 0.3) is 0 Å². The Morgan fingerprint density at radius 1 is 1.17 bits per heavy atom. The highest BCUT2D eigenvalue weighted by molar-refractivity contribution is 5.85. The zero-order chi connectivity index (χ0) is 17.8. The molecule has 0 spiro atoms. The smallest absolute Gasteiger partial charge is 0.412 e. The normalized spacial score (nSPS) is 11.7. The van der Waals surface area contributed by atoms with E-state index in [1.807, 2.05) is 0 Å². The van der Waals surface area contributed by atoms with E-state index in [0.29, 0.717) is 17.0 Å². The quantitative estimate of drug-likeness (QED) is 0.863. The van der Waals surface area contributed by atoms with Crippen molar-refractivity contribution >= 4 is 17.7 Å². The number of amides is 1. The molecule has 2 N–H and O–H groups in total. The second kappa shape index (κ2) is 6.89. The molecule has 0 unspecified atom stereocenters. The second-order valence-electron chi connectivity index (χ2n) is 7.02. The Morgan fingerprint density at radius 3 is 2.26 bits per heavy atom. The van der Waals surface area contributed by atoms with Crippen molar-refractivity contribution in [3.63, 3.8) is 0 Å². The predicted molar refractivity (Wildman–Crippen MR) is 88.0 cm³/mol. The van der Waals surface area contributed by atoms with Crippen LogP contribution < -0.4 is 10.1 Å². The van der Waals surface area contributed by atoms with Crippen LogP contribution in [0.1, 0.15) is 40.2 Å². The van der Waals surface area contributed by atoms with Crippen molar-refractivity contribution in [1.29, 1.82) is 0 Å². The van der Waals surface area contributed by atoms with Crippen molar-refractivity contribution in [3.05, 3.63) is 23.8 Å². The van der Waals surface area contributed by atoms with Crippen LogP contribution in [-0.4, -0.2) is 29.9 Å². The number of carboxylic acid groups (broad SMARTS) is 1. The molecule has 0 radical (unpaired) electrons. The van der Waals surface area contributed by atoms with Gasteiger partial charge in [0.05, 0.1) is 12.5 Å². The number of hydrogen-bond acceptors (Lipinski definition) is 4. The summed E-state index contributed by atoms with van der Waals surface area (Å²) in [5.41, 5.74) is -0.313. The van der Waals surface area contributed by atoms with E-state index in [9.17, 15) is 14.7 Å². The molecule has 23 heavy (non-hydrogen) atoms. The Kier molecular flexibility index (Phi) is 5.64. The Balaban J connectivity index is 2.99. The highest BCUT2D eigenvalue weighted by Crippen LogP contribution is 2.30. The summed E-state index contributed by atoms with van der Waals surface area (Å²) >= 11 is 0. The Hall–Kier alpha value is -2.24. The fourth-order valence-electron chi connectivity index (χ4n) is 1.97. The van der Waals surface area contributed by atoms with E-state index in [4.69, 9.17) is 9.47 Å². The first kappa shape index (κ1) is 18.8. The van der Waals surface area contributed by atoms with E-state index in [2.05, 4.69) is 5.32 Å². The molecule has 0 aliphatic rings. The molecule has 1 aromatic carbocycles. The third kappa shape index (κ3) is 5.81. The van der Waals surface area contributed by atoms with Gasteiger partial charge in [-0.05, 0) is 64.8 Å². The molecule has 0 saturated carbocycles. The molecule has 0 atom stereocenters. The number of nitrogens with one attached hydrogen (secondary N) is 1. The van der Waals surface area contributed by atoms with Crippen LogP contribution in [-0.2, 0) is 16.0 Å². The van der Waals surface area contributed by atoms with Crippen LogP contribution in [0.15, 0.2) is 18.2 Å². The van der Waals surface area contributed by atoms with Gasteiger partial charge in [-0.3, -0.25) is 10.1 Å². The minimum atomic E-state index is -0.947. The van der Waals surface area contributed by atoms with Gasteiger partial charge in [0.1, 0.15) is 11.4 Å². The molecule has 0 bridgehead atoms. The molecule has 1 aromatic rings. The van der Waals surface area contributed by atoms with Gasteiger partial charge < -0.3 is 14.6 Å². The van der Waals surface area contributed by atoms with E-state index in [1.54, 1.807) is 52.8 Å². The first-order valence-electron chi connectivity index (χ1n) is 7.35. The SMILES string of the molecule is COc1ccc(NC(=O)OC(C)(C)C)cc1CC(C)(C)C(=O)O. The number of hydrogen-bond donors (Lipinski definition) is 2. The maximum Gasteiger partial charge on any atom is 0.412 e. The summed E-state index contributed by atoms with van der Waals surface area (Å²) in [5, 5.41) is 11.9. The van der Waals surface area contributed by atoms with E-state index in [0.717, 1.165) is 0 Å². The van der Waals surface area contributed by atoms with Crippen LogP contribution in [0.3, 0.4) is 0 Å². The summed E-state index contributed by atoms with van der Waals surface area (Å²) in [5.74, 6) is -0.320. The number of carbonyl (C=O) groups is 2. The van der Waals surface area contributed by atoms with Crippen molar-refractivity contribution in [2.75, 3.05) is 12.4 Å². The van der Waals surface area contributed by atoms with Crippen LogP contribution in [0.5, 0.6) is 5.75 Å². The summed E-state index contributed by atoms with van der Waals surface area (Å²) < 4.78 is 10.5. The highest BCUT2D eigenvalue weighted by Gasteiger charge is 2.29. The number of aliphatic carboxylic acids is 1. The molecular formula is C17H25NO5. The third-order valence-corrected chi connectivity index (χ3v) is 3.14. The molecule has 128 valence electrons. The molecule has 0 aliphatic heterocycles. The molecule has 0 aromatic heterocycles. The first-order valence-corrected chi connectivity index (χ1v) is 7.35. The molecule has 0 saturated heterocycles.